The van der Waals surface area contributed by atoms with E-state index in [9.17, 15) is 18.3 Å². The normalized spacial score (nSPS) is 18.7. The zero-order valence-corrected chi connectivity index (χ0v) is 16.1. The molecule has 5 nitrogen and oxygen atoms in total. The minimum Gasteiger partial charge on any atom is -0.390 e. The minimum absolute atomic E-state index is 0.284. The molecule has 4 rings (SSSR count). The third-order valence-electron chi connectivity index (χ3n) is 5.28. The van der Waals surface area contributed by atoms with Gasteiger partial charge in [0.1, 0.15) is 12.1 Å². The van der Waals surface area contributed by atoms with Crippen LogP contribution in [0.2, 0.25) is 0 Å². The molecule has 0 radical (unpaired) electrons. The molecule has 0 bridgehead atoms. The van der Waals surface area contributed by atoms with Crippen LogP contribution >= 0.6 is 0 Å². The molecule has 2 atom stereocenters. The number of hydrogen-bond acceptors (Lipinski definition) is 5. The van der Waals surface area contributed by atoms with E-state index in [0.717, 1.165) is 28.9 Å². The van der Waals surface area contributed by atoms with Crippen molar-refractivity contribution in [3.05, 3.63) is 71.5 Å². The Morgan fingerprint density at radius 3 is 2.53 bits per heavy atom. The number of anilines is 2. The largest absolute Gasteiger partial charge is 0.416 e. The third kappa shape index (κ3) is 4.15. The van der Waals surface area contributed by atoms with Crippen molar-refractivity contribution < 1.29 is 23.0 Å². The van der Waals surface area contributed by atoms with Crippen LogP contribution in [0.5, 0.6) is 0 Å². The Morgan fingerprint density at radius 2 is 1.83 bits per heavy atom. The molecule has 0 aliphatic heterocycles. The average molecular weight is 415 g/mol. The quantitative estimate of drug-likeness (QED) is 0.662. The summed E-state index contributed by atoms with van der Waals surface area (Å²) in [6.07, 6.45) is -2.78. The Balaban J connectivity index is 1.60. The smallest absolute Gasteiger partial charge is 0.390 e. The molecule has 1 heterocycles. The molecule has 30 heavy (non-hydrogen) atoms. The van der Waals surface area contributed by atoms with Gasteiger partial charge in [-0.2, -0.15) is 13.2 Å². The SMILES string of the molecule is CO[C@@H]1Cc2c(cccc2Nc2cc(-c3ccc(C(F)(F)F)cc3)ncn2)C[C@H]1O. The molecule has 2 N–H and O–H groups in total. The summed E-state index contributed by atoms with van der Waals surface area (Å²) in [5.74, 6) is 0.522. The number of alkyl halides is 3. The highest BCUT2D eigenvalue weighted by atomic mass is 19.4. The fraction of sp³-hybridized carbons (Fsp3) is 0.273. The fourth-order valence-corrected chi connectivity index (χ4v) is 3.67. The van der Waals surface area contributed by atoms with Gasteiger partial charge < -0.3 is 15.2 Å². The van der Waals surface area contributed by atoms with Gasteiger partial charge in [0.2, 0.25) is 0 Å². The van der Waals surface area contributed by atoms with Gasteiger partial charge in [-0.15, -0.1) is 0 Å². The number of aliphatic hydroxyl groups is 1. The van der Waals surface area contributed by atoms with Crippen LogP contribution in [0.1, 0.15) is 16.7 Å². The molecule has 0 fully saturated rings. The van der Waals surface area contributed by atoms with Crippen LogP contribution in [-0.2, 0) is 23.8 Å². The molecule has 0 unspecified atom stereocenters. The summed E-state index contributed by atoms with van der Waals surface area (Å²) >= 11 is 0. The van der Waals surface area contributed by atoms with E-state index in [0.29, 0.717) is 29.9 Å². The van der Waals surface area contributed by atoms with Crippen molar-refractivity contribution >= 4 is 11.5 Å². The van der Waals surface area contributed by atoms with Crippen molar-refractivity contribution in [2.24, 2.45) is 0 Å². The van der Waals surface area contributed by atoms with Gasteiger partial charge in [-0.25, -0.2) is 9.97 Å². The Morgan fingerprint density at radius 1 is 1.07 bits per heavy atom. The highest BCUT2D eigenvalue weighted by Gasteiger charge is 2.30. The number of aliphatic hydroxyl groups excluding tert-OH is 1. The molecule has 0 spiro atoms. The average Bonchev–Trinajstić information content (AvgIpc) is 2.73. The zero-order chi connectivity index (χ0) is 21.3. The van der Waals surface area contributed by atoms with Crippen molar-refractivity contribution in [1.82, 2.24) is 9.97 Å². The lowest BCUT2D eigenvalue weighted by Crippen LogP contribution is -2.36. The van der Waals surface area contributed by atoms with Gasteiger partial charge in [0.25, 0.3) is 0 Å². The van der Waals surface area contributed by atoms with Crippen molar-refractivity contribution in [1.29, 1.82) is 0 Å². The standard InChI is InChI=1S/C22H20F3N3O2/c1-30-20-10-16-14(9-19(20)29)3-2-4-17(16)28-21-11-18(26-12-27-21)13-5-7-15(8-6-13)22(23,24)25/h2-8,11-12,19-20,29H,9-10H2,1H3,(H,26,27,28)/t19-,20-/m1/s1. The molecule has 3 aromatic rings. The number of hydrogen-bond donors (Lipinski definition) is 2. The molecule has 156 valence electrons. The van der Waals surface area contributed by atoms with E-state index in [1.807, 2.05) is 18.2 Å². The minimum atomic E-state index is -4.38. The Labute approximate surface area is 171 Å². The lowest BCUT2D eigenvalue weighted by molar-refractivity contribution is -0.137. The molecule has 0 saturated heterocycles. The first-order chi connectivity index (χ1) is 14.3. The number of fused-ring (bicyclic) bond motifs is 1. The summed E-state index contributed by atoms with van der Waals surface area (Å²) in [6, 6.07) is 12.3. The lowest BCUT2D eigenvalue weighted by atomic mass is 9.86. The van der Waals surface area contributed by atoms with E-state index in [-0.39, 0.29) is 6.10 Å². The van der Waals surface area contributed by atoms with E-state index in [4.69, 9.17) is 4.74 Å². The van der Waals surface area contributed by atoms with Gasteiger partial charge in [-0.3, -0.25) is 0 Å². The second-order valence-electron chi connectivity index (χ2n) is 7.18. The third-order valence-corrected chi connectivity index (χ3v) is 5.28. The number of methoxy groups -OCH3 is 1. The predicted molar refractivity (Wildman–Crippen MR) is 106 cm³/mol. The number of benzene rings is 2. The summed E-state index contributed by atoms with van der Waals surface area (Å²) in [5, 5.41) is 13.5. The molecule has 8 heteroatoms. The number of ether oxygens (including phenoxy) is 1. The predicted octanol–water partition coefficient (Wildman–Crippen LogP) is 4.38. The second-order valence-corrected chi connectivity index (χ2v) is 7.18. The first kappa shape index (κ1) is 20.3. The van der Waals surface area contributed by atoms with Gasteiger partial charge in [-0.05, 0) is 29.3 Å². The maximum Gasteiger partial charge on any atom is 0.416 e. The molecule has 0 saturated carbocycles. The number of nitrogens with one attached hydrogen (secondary N) is 1. The van der Waals surface area contributed by atoms with Gasteiger partial charge in [0.05, 0.1) is 23.5 Å². The number of aromatic nitrogens is 2. The molecular weight excluding hydrogens is 395 g/mol. The monoisotopic (exact) mass is 415 g/mol. The van der Waals surface area contributed by atoms with E-state index < -0.39 is 17.8 Å². The van der Waals surface area contributed by atoms with Gasteiger partial charge in [0.15, 0.2) is 0 Å². The molecule has 1 aliphatic rings. The van der Waals surface area contributed by atoms with Gasteiger partial charge in [0, 0.05) is 37.3 Å². The van der Waals surface area contributed by atoms with Crippen LogP contribution in [0.25, 0.3) is 11.3 Å². The first-order valence-electron chi connectivity index (χ1n) is 9.43. The molecule has 1 aromatic heterocycles. The number of rotatable bonds is 4. The van der Waals surface area contributed by atoms with Gasteiger partial charge in [-0.1, -0.05) is 24.3 Å². The molecule has 1 aliphatic carbocycles. The highest BCUT2D eigenvalue weighted by Crippen LogP contribution is 2.33. The van der Waals surface area contributed by atoms with Crippen molar-refractivity contribution in [2.45, 2.75) is 31.2 Å². The van der Waals surface area contributed by atoms with Crippen LogP contribution in [0.4, 0.5) is 24.7 Å². The summed E-state index contributed by atoms with van der Waals surface area (Å²) in [7, 11) is 1.58. The molecule has 0 amide bonds. The summed E-state index contributed by atoms with van der Waals surface area (Å²) in [5.41, 5.74) is 3.30. The van der Waals surface area contributed by atoms with Crippen molar-refractivity contribution in [3.8, 4) is 11.3 Å². The summed E-state index contributed by atoms with van der Waals surface area (Å²) in [4.78, 5) is 8.42. The molecular formula is C22H20F3N3O2. The van der Waals surface area contributed by atoms with Crippen molar-refractivity contribution in [2.75, 3.05) is 12.4 Å². The summed E-state index contributed by atoms with van der Waals surface area (Å²) < 4.78 is 43.7. The van der Waals surface area contributed by atoms with E-state index in [1.54, 1.807) is 13.2 Å². The Bertz CT molecular complexity index is 1040. The fourth-order valence-electron chi connectivity index (χ4n) is 3.67. The highest BCUT2D eigenvalue weighted by molar-refractivity contribution is 5.68. The Hall–Kier alpha value is -2.97. The van der Waals surface area contributed by atoms with Gasteiger partial charge >= 0.3 is 6.18 Å². The van der Waals surface area contributed by atoms with Crippen LogP contribution in [0, 0.1) is 0 Å². The Kier molecular flexibility index (Phi) is 5.44. The topological polar surface area (TPSA) is 67.3 Å². The van der Waals surface area contributed by atoms with Crippen LogP contribution in [-0.4, -0.2) is 34.4 Å². The number of halogens is 3. The number of nitrogens with zero attached hydrogens (tertiary/aromatic N) is 2. The van der Waals surface area contributed by atoms with E-state index >= 15 is 0 Å². The maximum atomic E-state index is 12.8. The van der Waals surface area contributed by atoms with Crippen LogP contribution < -0.4 is 5.32 Å². The van der Waals surface area contributed by atoms with Crippen molar-refractivity contribution in [3.63, 3.8) is 0 Å². The molecule has 2 aromatic carbocycles. The maximum absolute atomic E-state index is 12.8. The van der Waals surface area contributed by atoms with Crippen LogP contribution in [0.3, 0.4) is 0 Å². The van der Waals surface area contributed by atoms with Crippen LogP contribution in [0.15, 0.2) is 54.9 Å². The van der Waals surface area contributed by atoms with E-state index in [1.165, 1.54) is 18.5 Å². The zero-order valence-electron chi connectivity index (χ0n) is 16.1. The second kappa shape index (κ2) is 8.04. The summed E-state index contributed by atoms with van der Waals surface area (Å²) in [6.45, 7) is 0. The van der Waals surface area contributed by atoms with E-state index in [2.05, 4.69) is 15.3 Å². The first-order valence-corrected chi connectivity index (χ1v) is 9.43. The lowest BCUT2D eigenvalue weighted by Gasteiger charge is -2.30.